The first-order valence-electron chi connectivity index (χ1n) is 5.34. The monoisotopic (exact) mass is 332 g/mol. The Balaban J connectivity index is 2.69. The van der Waals surface area contributed by atoms with Crippen LogP contribution in [-0.4, -0.2) is 26.2 Å². The van der Waals surface area contributed by atoms with E-state index < -0.39 is 27.1 Å². The number of hydrogen-bond acceptors (Lipinski definition) is 4. The summed E-state index contributed by atoms with van der Waals surface area (Å²) in [6.45, 7) is -0.568. The average Bonchev–Trinajstić information content (AvgIpc) is 2.34. The molecule has 1 aromatic rings. The fourth-order valence-electron chi connectivity index (χ4n) is 1.30. The van der Waals surface area contributed by atoms with Crippen molar-refractivity contribution in [1.82, 2.24) is 4.72 Å². The van der Waals surface area contributed by atoms with Gasteiger partial charge in [0.25, 0.3) is 0 Å². The highest BCUT2D eigenvalue weighted by atomic mass is 32.2. The lowest BCUT2D eigenvalue weighted by atomic mass is 10.2. The molecule has 20 heavy (non-hydrogen) atoms. The van der Waals surface area contributed by atoms with Crippen molar-refractivity contribution in [3.05, 3.63) is 29.6 Å². The third-order valence-electron chi connectivity index (χ3n) is 2.21. The molecule has 0 spiro atoms. The molecule has 0 aliphatic rings. The summed E-state index contributed by atoms with van der Waals surface area (Å²) in [5, 5.41) is 0. The lowest BCUT2D eigenvalue weighted by molar-refractivity contribution is -0.0327. The normalized spacial score (nSPS) is 12.7. The van der Waals surface area contributed by atoms with Gasteiger partial charge in [-0.1, -0.05) is 0 Å². The maximum atomic E-state index is 13.2. The zero-order valence-electron chi connectivity index (χ0n) is 10.1. The maximum absolute atomic E-state index is 13.2. The Kier molecular flexibility index (Phi) is 5.80. The highest BCUT2D eigenvalue weighted by molar-refractivity contribution is 8.00. The predicted molar refractivity (Wildman–Crippen MR) is 68.0 cm³/mol. The molecule has 0 amide bonds. The number of halogens is 4. The third kappa shape index (κ3) is 5.27. The van der Waals surface area contributed by atoms with E-state index in [2.05, 4.69) is 0 Å². The molecule has 1 rings (SSSR count). The Morgan fingerprint density at radius 2 is 1.95 bits per heavy atom. The molecule has 0 saturated carbocycles. The molecule has 4 nitrogen and oxygen atoms in total. The summed E-state index contributed by atoms with van der Waals surface area (Å²) in [5.74, 6) is -1.09. The highest BCUT2D eigenvalue weighted by Gasteiger charge is 2.27. The summed E-state index contributed by atoms with van der Waals surface area (Å²) in [4.78, 5) is -0.239. The molecule has 0 radical (unpaired) electrons. The number of nitrogens with one attached hydrogen (secondary N) is 1. The van der Waals surface area contributed by atoms with Crippen LogP contribution in [0.15, 0.2) is 23.1 Å². The SMILES string of the molecule is NCc1cc(S(=O)(=O)NCCSC(F)(F)F)ccc1F. The molecule has 0 aromatic heterocycles. The fraction of sp³-hybridized carbons (Fsp3) is 0.400. The van der Waals surface area contributed by atoms with Crippen LogP contribution in [0.2, 0.25) is 0 Å². The van der Waals surface area contributed by atoms with E-state index in [-0.39, 0.29) is 35.3 Å². The Morgan fingerprint density at radius 3 is 2.50 bits per heavy atom. The first-order chi connectivity index (χ1) is 9.15. The van der Waals surface area contributed by atoms with E-state index in [4.69, 9.17) is 5.73 Å². The molecule has 0 unspecified atom stereocenters. The Bertz CT molecular complexity index is 561. The number of sulfonamides is 1. The molecule has 0 fully saturated rings. The van der Waals surface area contributed by atoms with Crippen LogP contribution in [0.25, 0.3) is 0 Å². The van der Waals surface area contributed by atoms with Crippen molar-refractivity contribution in [2.75, 3.05) is 12.3 Å². The van der Waals surface area contributed by atoms with Gasteiger partial charge in [0.2, 0.25) is 10.0 Å². The third-order valence-corrected chi connectivity index (χ3v) is 4.40. The topological polar surface area (TPSA) is 72.2 Å². The van der Waals surface area contributed by atoms with Crippen molar-refractivity contribution in [3.8, 4) is 0 Å². The molecule has 114 valence electrons. The van der Waals surface area contributed by atoms with Gasteiger partial charge in [0.1, 0.15) is 5.82 Å². The van der Waals surface area contributed by atoms with Gasteiger partial charge in [0.05, 0.1) is 4.90 Å². The van der Waals surface area contributed by atoms with Crippen LogP contribution in [0, 0.1) is 5.82 Å². The van der Waals surface area contributed by atoms with Crippen LogP contribution in [-0.2, 0) is 16.6 Å². The number of alkyl halides is 3. The molecule has 0 heterocycles. The van der Waals surface area contributed by atoms with Gasteiger partial charge in [-0.15, -0.1) is 0 Å². The van der Waals surface area contributed by atoms with Crippen LogP contribution in [0.5, 0.6) is 0 Å². The van der Waals surface area contributed by atoms with Gasteiger partial charge in [-0.25, -0.2) is 17.5 Å². The van der Waals surface area contributed by atoms with E-state index in [1.807, 2.05) is 4.72 Å². The van der Waals surface area contributed by atoms with Crippen molar-refractivity contribution in [2.24, 2.45) is 5.73 Å². The Morgan fingerprint density at radius 1 is 1.30 bits per heavy atom. The zero-order chi connectivity index (χ0) is 15.4. The minimum Gasteiger partial charge on any atom is -0.326 e. The first kappa shape index (κ1) is 17.2. The number of nitrogens with two attached hydrogens (primary N) is 1. The number of thioether (sulfide) groups is 1. The van der Waals surface area contributed by atoms with Crippen LogP contribution in [0.4, 0.5) is 17.6 Å². The van der Waals surface area contributed by atoms with Gasteiger partial charge in [0, 0.05) is 24.4 Å². The molecule has 0 aliphatic heterocycles. The van der Waals surface area contributed by atoms with E-state index in [9.17, 15) is 26.0 Å². The van der Waals surface area contributed by atoms with Crippen LogP contribution < -0.4 is 10.5 Å². The molecule has 0 bridgehead atoms. The lowest BCUT2D eigenvalue weighted by Gasteiger charge is -2.09. The highest BCUT2D eigenvalue weighted by Crippen LogP contribution is 2.29. The van der Waals surface area contributed by atoms with Crippen molar-refractivity contribution in [2.45, 2.75) is 16.9 Å². The van der Waals surface area contributed by atoms with Crippen LogP contribution in [0.1, 0.15) is 5.56 Å². The smallest absolute Gasteiger partial charge is 0.326 e. The van der Waals surface area contributed by atoms with Gasteiger partial charge in [-0.05, 0) is 30.0 Å². The van der Waals surface area contributed by atoms with Gasteiger partial charge in [-0.2, -0.15) is 13.2 Å². The van der Waals surface area contributed by atoms with Gasteiger partial charge in [0.15, 0.2) is 0 Å². The molecule has 3 N–H and O–H groups in total. The zero-order valence-corrected chi connectivity index (χ0v) is 11.7. The average molecular weight is 332 g/mol. The molecule has 10 heteroatoms. The number of hydrogen-bond donors (Lipinski definition) is 2. The molecule has 0 aliphatic carbocycles. The molecular weight excluding hydrogens is 320 g/mol. The van der Waals surface area contributed by atoms with Crippen LogP contribution in [0.3, 0.4) is 0 Å². The Hall–Kier alpha value is -0.840. The summed E-state index contributed by atoms with van der Waals surface area (Å²) in [6.07, 6.45) is 0. The van der Waals surface area contributed by atoms with Gasteiger partial charge < -0.3 is 5.73 Å². The molecule has 0 atom stereocenters. The van der Waals surface area contributed by atoms with Crippen molar-refractivity contribution in [3.63, 3.8) is 0 Å². The number of rotatable bonds is 6. The van der Waals surface area contributed by atoms with Gasteiger partial charge >= 0.3 is 5.51 Å². The van der Waals surface area contributed by atoms with Crippen molar-refractivity contribution >= 4 is 21.8 Å². The summed E-state index contributed by atoms with van der Waals surface area (Å²) >= 11 is -0.327. The molecule has 1 aromatic carbocycles. The maximum Gasteiger partial charge on any atom is 0.441 e. The minimum atomic E-state index is -4.41. The standard InChI is InChI=1S/C10H12F4N2O2S2/c11-9-2-1-8(5-7(9)6-15)20(17,18)16-3-4-19-10(12,13)14/h1-2,5,16H,3-4,6,15H2. The largest absolute Gasteiger partial charge is 0.441 e. The van der Waals surface area contributed by atoms with E-state index in [1.54, 1.807) is 0 Å². The second kappa shape index (κ2) is 6.74. The number of benzene rings is 1. The Labute approximate surface area is 117 Å². The van der Waals surface area contributed by atoms with Crippen LogP contribution >= 0.6 is 11.8 Å². The lowest BCUT2D eigenvalue weighted by Crippen LogP contribution is -2.27. The minimum absolute atomic E-state index is 0.0116. The second-order valence-corrected chi connectivity index (χ2v) is 6.58. The fourth-order valence-corrected chi connectivity index (χ4v) is 2.95. The van der Waals surface area contributed by atoms with E-state index in [1.165, 1.54) is 0 Å². The first-order valence-corrected chi connectivity index (χ1v) is 7.81. The quantitative estimate of drug-likeness (QED) is 0.616. The van der Waals surface area contributed by atoms with E-state index >= 15 is 0 Å². The predicted octanol–water partition coefficient (Wildman–Crippen LogP) is 1.82. The van der Waals surface area contributed by atoms with E-state index in [0.29, 0.717) is 0 Å². The van der Waals surface area contributed by atoms with Crippen molar-refractivity contribution < 1.29 is 26.0 Å². The molecular formula is C10H12F4N2O2S2. The summed E-state index contributed by atoms with van der Waals surface area (Å²) < 4.78 is 74.3. The molecule has 0 saturated heterocycles. The summed E-state index contributed by atoms with van der Waals surface area (Å²) in [7, 11) is -3.98. The summed E-state index contributed by atoms with van der Waals surface area (Å²) in [6, 6.07) is 3.02. The summed E-state index contributed by atoms with van der Waals surface area (Å²) in [5.41, 5.74) is 0.852. The van der Waals surface area contributed by atoms with E-state index in [0.717, 1.165) is 18.2 Å². The second-order valence-electron chi connectivity index (χ2n) is 3.65. The van der Waals surface area contributed by atoms with Gasteiger partial charge in [-0.3, -0.25) is 0 Å². The van der Waals surface area contributed by atoms with Crippen molar-refractivity contribution in [1.29, 1.82) is 0 Å².